The molecule has 0 saturated heterocycles. The van der Waals surface area contributed by atoms with E-state index in [1.165, 1.54) is 0 Å². The van der Waals surface area contributed by atoms with Crippen LogP contribution in [0.1, 0.15) is 126 Å². The van der Waals surface area contributed by atoms with Gasteiger partial charge in [-0.05, 0) is 114 Å². The number of rotatable bonds is 18. The normalized spacial score (nSPS) is 13.5. The van der Waals surface area contributed by atoms with Gasteiger partial charge in [0.25, 0.3) is 0 Å². The van der Waals surface area contributed by atoms with Crippen molar-refractivity contribution in [1.29, 1.82) is 0 Å². The molecule has 0 saturated carbocycles. The predicted octanol–water partition coefficient (Wildman–Crippen LogP) is 4.35. The van der Waals surface area contributed by atoms with E-state index in [-0.39, 0.29) is 12.8 Å². The van der Waals surface area contributed by atoms with Crippen LogP contribution in [0.4, 0.5) is 4.79 Å². The largest absolute Gasteiger partial charge is 0.460 e. The summed E-state index contributed by atoms with van der Waals surface area (Å²) < 4.78 is 18.2. The molecule has 0 unspecified atom stereocenters. The van der Waals surface area contributed by atoms with Gasteiger partial charge < -0.3 is 30.6 Å². The maximum atomic E-state index is 13.1. The second-order valence-corrected chi connectivity index (χ2v) is 14.3. The zero-order valence-corrected chi connectivity index (χ0v) is 29.0. The maximum Gasteiger partial charge on any atom is 0.329 e. The summed E-state index contributed by atoms with van der Waals surface area (Å²) in [7, 11) is 0. The Balaban J connectivity index is 2.82. The first-order valence-electron chi connectivity index (χ1n) is 16.1. The summed E-state index contributed by atoms with van der Waals surface area (Å²) >= 11 is 0. The van der Waals surface area contributed by atoms with E-state index < -0.39 is 52.8 Å². The van der Waals surface area contributed by atoms with Crippen LogP contribution in [0.25, 0.3) is 0 Å². The van der Waals surface area contributed by atoms with Crippen LogP contribution in [-0.4, -0.2) is 74.4 Å². The highest BCUT2D eigenvalue weighted by molar-refractivity contribution is 5.87. The van der Waals surface area contributed by atoms with Gasteiger partial charge in [-0.25, -0.2) is 14.4 Å². The van der Waals surface area contributed by atoms with E-state index in [2.05, 4.69) is 20.9 Å². The number of hydrogen-bond acceptors (Lipinski definition) is 10. The first-order chi connectivity index (χ1) is 20.8. The number of nitrogens with two attached hydrogens (primary N) is 1. The minimum Gasteiger partial charge on any atom is -0.460 e. The molecule has 1 heterocycles. The molecule has 45 heavy (non-hydrogen) atoms. The number of nitrogens with zero attached hydrogens (tertiary/aromatic N) is 3. The Hall–Kier alpha value is -3.22. The van der Waals surface area contributed by atoms with Gasteiger partial charge in [-0.3, -0.25) is 9.48 Å². The lowest BCUT2D eigenvalue weighted by atomic mass is 10.1. The number of carbonyl (C=O) groups is 4. The lowest BCUT2D eigenvalue weighted by Crippen LogP contribution is -2.53. The summed E-state index contributed by atoms with van der Waals surface area (Å²) in [6.07, 6.45) is 8.54. The van der Waals surface area contributed by atoms with Crippen LogP contribution in [0.5, 0.6) is 0 Å². The first kappa shape index (κ1) is 39.8. The third-order valence-corrected chi connectivity index (χ3v) is 6.15. The minimum atomic E-state index is -1.14. The maximum absolute atomic E-state index is 13.1. The Kier molecular flexibility index (Phi) is 16.5. The molecule has 0 spiro atoms. The number of nitrogens with one attached hydrogen (secondary N) is 2. The van der Waals surface area contributed by atoms with Gasteiger partial charge >= 0.3 is 23.9 Å². The van der Waals surface area contributed by atoms with E-state index >= 15 is 0 Å². The summed E-state index contributed by atoms with van der Waals surface area (Å²) in [6, 6.07) is -2.86. The Morgan fingerprint density at radius 3 is 1.82 bits per heavy atom. The molecule has 0 aliphatic carbocycles. The molecule has 0 radical (unpaired) electrons. The highest BCUT2D eigenvalue weighted by Gasteiger charge is 2.31. The fourth-order valence-corrected chi connectivity index (χ4v) is 4.25. The number of hydrogen-bond donors (Lipinski definition) is 3. The van der Waals surface area contributed by atoms with E-state index in [4.69, 9.17) is 19.9 Å². The topological polar surface area (TPSA) is 177 Å². The molecule has 0 aliphatic rings. The van der Waals surface area contributed by atoms with Gasteiger partial charge in [-0.2, -0.15) is 0 Å². The highest BCUT2D eigenvalue weighted by Crippen LogP contribution is 2.15. The monoisotopic (exact) mass is 638 g/mol. The molecule has 0 aliphatic heterocycles. The molecule has 0 bridgehead atoms. The van der Waals surface area contributed by atoms with Gasteiger partial charge in [0.2, 0.25) is 0 Å². The molecular weight excluding hydrogens is 580 g/mol. The van der Waals surface area contributed by atoms with Crippen molar-refractivity contribution >= 4 is 23.9 Å². The van der Waals surface area contributed by atoms with Gasteiger partial charge in [-0.1, -0.05) is 18.1 Å². The molecule has 258 valence electrons. The highest BCUT2D eigenvalue weighted by atomic mass is 16.6. The molecule has 1 aromatic heterocycles. The lowest BCUT2D eigenvalue weighted by molar-refractivity contribution is -0.159. The van der Waals surface area contributed by atoms with Crippen molar-refractivity contribution in [2.75, 3.05) is 6.54 Å². The summed E-state index contributed by atoms with van der Waals surface area (Å²) in [5, 5.41) is 13.7. The van der Waals surface area contributed by atoms with E-state index in [0.29, 0.717) is 32.4 Å². The van der Waals surface area contributed by atoms with Gasteiger partial charge in [0.05, 0.1) is 5.69 Å². The van der Waals surface area contributed by atoms with E-state index in [1.54, 1.807) is 67.0 Å². The van der Waals surface area contributed by atoms with Crippen LogP contribution in [-0.2, 0) is 41.6 Å². The Bertz CT molecular complexity index is 1070. The van der Waals surface area contributed by atoms with E-state index in [9.17, 15) is 19.2 Å². The fraction of sp³-hybridized carbons (Fsp3) is 0.812. The molecule has 1 aromatic rings. The number of aromatic nitrogens is 3. The quantitative estimate of drug-likeness (QED) is 0.119. The van der Waals surface area contributed by atoms with Crippen molar-refractivity contribution in [1.82, 2.24) is 25.6 Å². The van der Waals surface area contributed by atoms with Crippen LogP contribution in [0, 0.1) is 0 Å². The average Bonchev–Trinajstić information content (AvgIpc) is 3.32. The standard InChI is InChI=1S/C32H58N6O7/c1-30(2,3)43-26(39)19-18-25(28(41)45-32(7,8)9)35-29(42)34-24(27(40)44-31(4,5)6)17-13-15-21-38-22-23(36-37-38)16-12-10-11-14-20-33/h22,24-25H,10-21,33H2,1-9H3,(H2,34,35,42)/t24-,25-/m0/s1. The van der Waals surface area contributed by atoms with Crippen LogP contribution in [0.15, 0.2) is 6.20 Å². The molecular formula is C32H58N6O7. The smallest absolute Gasteiger partial charge is 0.329 e. The summed E-state index contributed by atoms with van der Waals surface area (Å²) in [5.74, 6) is -1.79. The third kappa shape index (κ3) is 19.7. The number of ether oxygens (including phenoxy) is 3. The Morgan fingerprint density at radius 2 is 1.29 bits per heavy atom. The van der Waals surface area contributed by atoms with Crippen LogP contribution in [0.2, 0.25) is 0 Å². The molecule has 13 nitrogen and oxygen atoms in total. The fourth-order valence-electron chi connectivity index (χ4n) is 4.25. The summed E-state index contributed by atoms with van der Waals surface area (Å²) in [5.41, 5.74) is 4.23. The van der Waals surface area contributed by atoms with Gasteiger partial charge in [-0.15, -0.1) is 5.10 Å². The number of esters is 3. The van der Waals surface area contributed by atoms with E-state index in [0.717, 1.165) is 37.8 Å². The molecule has 0 aromatic carbocycles. The number of amides is 2. The molecule has 1 rings (SSSR count). The first-order valence-corrected chi connectivity index (χ1v) is 16.1. The van der Waals surface area contributed by atoms with Crippen LogP contribution < -0.4 is 16.4 Å². The van der Waals surface area contributed by atoms with E-state index in [1.807, 2.05) is 6.20 Å². The molecule has 2 atom stereocenters. The molecule has 13 heteroatoms. The van der Waals surface area contributed by atoms with Crippen LogP contribution >= 0.6 is 0 Å². The lowest BCUT2D eigenvalue weighted by Gasteiger charge is -2.27. The SMILES string of the molecule is CC(C)(C)OC(=O)CC[C@H](NC(=O)N[C@@H](CCCCn1cc(CCCCCCN)nn1)C(=O)OC(C)(C)C)C(=O)OC(C)(C)C. The molecule has 2 amide bonds. The van der Waals surface area contributed by atoms with Crippen molar-refractivity contribution in [2.45, 2.75) is 162 Å². The summed E-state index contributed by atoms with van der Waals surface area (Å²) in [6.45, 7) is 16.9. The van der Waals surface area contributed by atoms with Gasteiger partial charge in [0, 0.05) is 19.2 Å². The van der Waals surface area contributed by atoms with Crippen molar-refractivity contribution in [3.8, 4) is 0 Å². The Labute approximate surface area is 269 Å². The van der Waals surface area contributed by atoms with Crippen molar-refractivity contribution in [2.24, 2.45) is 5.73 Å². The summed E-state index contributed by atoms with van der Waals surface area (Å²) in [4.78, 5) is 51.4. The van der Waals surface area contributed by atoms with Crippen molar-refractivity contribution in [3.63, 3.8) is 0 Å². The van der Waals surface area contributed by atoms with Crippen LogP contribution in [0.3, 0.4) is 0 Å². The van der Waals surface area contributed by atoms with Crippen molar-refractivity contribution < 1.29 is 33.4 Å². The number of carbonyl (C=O) groups excluding carboxylic acids is 4. The predicted molar refractivity (Wildman–Crippen MR) is 171 cm³/mol. The number of aryl methyl sites for hydroxylation is 2. The zero-order valence-electron chi connectivity index (χ0n) is 29.0. The average molecular weight is 639 g/mol. The Morgan fingerprint density at radius 1 is 0.756 bits per heavy atom. The molecule has 0 fully saturated rings. The van der Waals surface area contributed by atoms with Gasteiger partial charge in [0.1, 0.15) is 28.9 Å². The second kappa shape index (κ2) is 18.7. The molecule has 4 N–H and O–H groups in total. The zero-order chi connectivity index (χ0) is 34.3. The minimum absolute atomic E-state index is 0.0397. The van der Waals surface area contributed by atoms with Gasteiger partial charge in [0.15, 0.2) is 0 Å². The third-order valence-electron chi connectivity index (χ3n) is 6.15. The van der Waals surface area contributed by atoms with Crippen molar-refractivity contribution in [3.05, 3.63) is 11.9 Å². The number of urea groups is 1. The second-order valence-electron chi connectivity index (χ2n) is 14.3. The number of unbranched alkanes of at least 4 members (excludes halogenated alkanes) is 4.